The standard InChI is InChI=1S/C15H22Cl2N2O2/c1-4-21-13-6-10(16)9(5-11(13)17)12(18)7-15(2,3)8-14(19)20/h5-6,12H,4,7-8,18H2,1-3H3,(H2,19,20). The van der Waals surface area contributed by atoms with Gasteiger partial charge in [-0.1, -0.05) is 37.0 Å². The third-order valence-electron chi connectivity index (χ3n) is 3.18. The fourth-order valence-electron chi connectivity index (χ4n) is 2.34. The Morgan fingerprint density at radius 3 is 2.48 bits per heavy atom. The first-order valence-corrected chi connectivity index (χ1v) is 7.57. The van der Waals surface area contributed by atoms with Gasteiger partial charge in [-0.25, -0.2) is 0 Å². The van der Waals surface area contributed by atoms with Crippen molar-refractivity contribution in [2.75, 3.05) is 6.61 Å². The number of amides is 1. The molecule has 6 heteroatoms. The van der Waals surface area contributed by atoms with Crippen molar-refractivity contribution in [3.8, 4) is 5.75 Å². The zero-order chi connectivity index (χ0) is 16.2. The minimum absolute atomic E-state index is 0.267. The zero-order valence-electron chi connectivity index (χ0n) is 12.6. The van der Waals surface area contributed by atoms with Crippen molar-refractivity contribution in [2.45, 2.75) is 39.7 Å². The minimum atomic E-state index is -0.344. The van der Waals surface area contributed by atoms with Crippen molar-refractivity contribution < 1.29 is 9.53 Å². The molecule has 0 fully saturated rings. The van der Waals surface area contributed by atoms with E-state index < -0.39 is 0 Å². The Morgan fingerprint density at radius 2 is 1.95 bits per heavy atom. The van der Waals surface area contributed by atoms with Gasteiger partial charge < -0.3 is 16.2 Å². The normalized spacial score (nSPS) is 13.0. The van der Waals surface area contributed by atoms with Crippen molar-refractivity contribution in [3.63, 3.8) is 0 Å². The Labute approximate surface area is 135 Å². The molecule has 1 amide bonds. The highest BCUT2D eigenvalue weighted by molar-refractivity contribution is 6.34. The van der Waals surface area contributed by atoms with Crippen molar-refractivity contribution in [2.24, 2.45) is 16.9 Å². The fourth-order valence-corrected chi connectivity index (χ4v) is 2.86. The molecular formula is C15H22Cl2N2O2. The molecule has 0 aliphatic heterocycles. The number of hydrogen-bond donors (Lipinski definition) is 2. The lowest BCUT2D eigenvalue weighted by molar-refractivity contribution is -0.120. The molecule has 0 saturated heterocycles. The lowest BCUT2D eigenvalue weighted by Gasteiger charge is -2.27. The Bertz CT molecular complexity index is 519. The summed E-state index contributed by atoms with van der Waals surface area (Å²) in [5, 5.41) is 0.977. The first-order valence-electron chi connectivity index (χ1n) is 6.82. The molecule has 0 saturated carbocycles. The van der Waals surface area contributed by atoms with Gasteiger partial charge in [0.15, 0.2) is 0 Å². The molecule has 0 heterocycles. The maximum absolute atomic E-state index is 11.1. The van der Waals surface area contributed by atoms with Crippen LogP contribution in [0.4, 0.5) is 0 Å². The van der Waals surface area contributed by atoms with E-state index >= 15 is 0 Å². The maximum atomic E-state index is 11.1. The lowest BCUT2D eigenvalue weighted by Crippen LogP contribution is -2.27. The SMILES string of the molecule is CCOc1cc(Cl)c(C(N)CC(C)(C)CC(N)=O)cc1Cl. The van der Waals surface area contributed by atoms with E-state index in [0.717, 1.165) is 5.56 Å². The van der Waals surface area contributed by atoms with Crippen LogP contribution in [0.5, 0.6) is 5.75 Å². The highest BCUT2D eigenvalue weighted by Gasteiger charge is 2.26. The number of carbonyl (C=O) groups is 1. The van der Waals surface area contributed by atoms with Crippen molar-refractivity contribution in [1.29, 1.82) is 0 Å². The summed E-state index contributed by atoms with van der Waals surface area (Å²) < 4.78 is 5.39. The molecule has 0 radical (unpaired) electrons. The van der Waals surface area contributed by atoms with Crippen LogP contribution >= 0.6 is 23.2 Å². The molecule has 1 rings (SSSR count). The third kappa shape index (κ3) is 5.38. The summed E-state index contributed by atoms with van der Waals surface area (Å²) in [5.74, 6) is 0.194. The van der Waals surface area contributed by atoms with Gasteiger partial charge in [-0.2, -0.15) is 0 Å². The summed E-state index contributed by atoms with van der Waals surface area (Å²) in [4.78, 5) is 11.1. The fraction of sp³-hybridized carbons (Fsp3) is 0.533. The van der Waals surface area contributed by atoms with E-state index in [4.69, 9.17) is 39.4 Å². The molecule has 118 valence electrons. The smallest absolute Gasteiger partial charge is 0.217 e. The minimum Gasteiger partial charge on any atom is -0.492 e. The largest absolute Gasteiger partial charge is 0.492 e. The van der Waals surface area contributed by atoms with E-state index in [2.05, 4.69) is 0 Å². The van der Waals surface area contributed by atoms with Crippen molar-refractivity contribution >= 4 is 29.1 Å². The van der Waals surface area contributed by atoms with E-state index in [1.165, 1.54) is 0 Å². The van der Waals surface area contributed by atoms with Gasteiger partial charge in [-0.15, -0.1) is 0 Å². The van der Waals surface area contributed by atoms with Crippen LogP contribution in [0.25, 0.3) is 0 Å². The molecule has 0 aromatic heterocycles. The molecule has 1 atom stereocenters. The van der Waals surface area contributed by atoms with Crippen molar-refractivity contribution in [1.82, 2.24) is 0 Å². The Morgan fingerprint density at radius 1 is 1.33 bits per heavy atom. The van der Waals surface area contributed by atoms with E-state index in [1.54, 1.807) is 12.1 Å². The van der Waals surface area contributed by atoms with E-state index in [-0.39, 0.29) is 23.8 Å². The van der Waals surface area contributed by atoms with Gasteiger partial charge in [0.05, 0.1) is 11.6 Å². The molecule has 1 aromatic rings. The average molecular weight is 333 g/mol. The predicted molar refractivity (Wildman–Crippen MR) is 86.8 cm³/mol. The predicted octanol–water partition coefficient (Wildman–Crippen LogP) is 3.68. The summed E-state index contributed by atoms with van der Waals surface area (Å²) in [6.07, 6.45) is 0.836. The van der Waals surface area contributed by atoms with Gasteiger partial charge in [0.2, 0.25) is 5.91 Å². The lowest BCUT2D eigenvalue weighted by atomic mass is 9.81. The summed E-state index contributed by atoms with van der Waals surface area (Å²) >= 11 is 12.4. The second kappa shape index (κ2) is 7.34. The Kier molecular flexibility index (Phi) is 6.32. The molecule has 0 aliphatic rings. The number of carbonyl (C=O) groups excluding carboxylic acids is 1. The molecule has 0 bridgehead atoms. The van der Waals surface area contributed by atoms with Crippen LogP contribution in [0.2, 0.25) is 10.0 Å². The molecule has 0 spiro atoms. The summed E-state index contributed by atoms with van der Waals surface area (Å²) in [7, 11) is 0. The molecule has 21 heavy (non-hydrogen) atoms. The Balaban J connectivity index is 2.95. The van der Waals surface area contributed by atoms with Crippen LogP contribution in [0.3, 0.4) is 0 Å². The summed E-state index contributed by atoms with van der Waals surface area (Å²) in [6.45, 7) is 6.27. The van der Waals surface area contributed by atoms with Gasteiger partial charge in [0.1, 0.15) is 5.75 Å². The van der Waals surface area contributed by atoms with Gasteiger partial charge in [0.25, 0.3) is 0 Å². The van der Waals surface area contributed by atoms with Gasteiger partial charge in [0, 0.05) is 23.6 Å². The van der Waals surface area contributed by atoms with E-state index in [0.29, 0.717) is 28.8 Å². The van der Waals surface area contributed by atoms with Crippen molar-refractivity contribution in [3.05, 3.63) is 27.7 Å². The number of hydrogen-bond acceptors (Lipinski definition) is 3. The highest BCUT2D eigenvalue weighted by Crippen LogP contribution is 2.38. The number of ether oxygens (including phenoxy) is 1. The first-order chi connectivity index (χ1) is 9.66. The molecule has 0 aliphatic carbocycles. The molecule has 1 unspecified atom stereocenters. The maximum Gasteiger partial charge on any atom is 0.217 e. The van der Waals surface area contributed by atoms with Gasteiger partial charge in [-0.05, 0) is 30.4 Å². The first kappa shape index (κ1) is 18.1. The van der Waals surface area contributed by atoms with Crippen LogP contribution in [0, 0.1) is 5.41 Å². The van der Waals surface area contributed by atoms with Crippen LogP contribution in [-0.4, -0.2) is 12.5 Å². The second-order valence-corrected chi connectivity index (χ2v) is 6.67. The highest BCUT2D eigenvalue weighted by atomic mass is 35.5. The monoisotopic (exact) mass is 332 g/mol. The molecule has 4 nitrogen and oxygen atoms in total. The quantitative estimate of drug-likeness (QED) is 0.799. The van der Waals surface area contributed by atoms with E-state index in [9.17, 15) is 4.79 Å². The topological polar surface area (TPSA) is 78.3 Å². The van der Waals surface area contributed by atoms with E-state index in [1.807, 2.05) is 20.8 Å². The second-order valence-electron chi connectivity index (χ2n) is 5.86. The Hall–Kier alpha value is -0.970. The third-order valence-corrected chi connectivity index (χ3v) is 3.80. The van der Waals surface area contributed by atoms with Crippen LogP contribution < -0.4 is 16.2 Å². The number of primary amides is 1. The average Bonchev–Trinajstić information content (AvgIpc) is 2.31. The number of benzene rings is 1. The van der Waals surface area contributed by atoms with Crippen LogP contribution in [-0.2, 0) is 4.79 Å². The van der Waals surface area contributed by atoms with Gasteiger partial charge >= 0.3 is 0 Å². The summed E-state index contributed by atoms with van der Waals surface area (Å²) in [5.41, 5.74) is 11.9. The van der Waals surface area contributed by atoms with Crippen LogP contribution in [0.15, 0.2) is 12.1 Å². The molecular weight excluding hydrogens is 311 g/mol. The number of halogens is 2. The number of nitrogens with two attached hydrogens (primary N) is 2. The summed E-state index contributed by atoms with van der Waals surface area (Å²) in [6, 6.07) is 3.06. The molecule has 4 N–H and O–H groups in total. The van der Waals surface area contributed by atoms with Gasteiger partial charge in [-0.3, -0.25) is 4.79 Å². The zero-order valence-corrected chi connectivity index (χ0v) is 14.1. The van der Waals surface area contributed by atoms with Crippen LogP contribution in [0.1, 0.15) is 45.2 Å². The molecule has 1 aromatic carbocycles. The number of rotatable bonds is 7.